The Hall–Kier alpha value is -2.90. The summed E-state index contributed by atoms with van der Waals surface area (Å²) >= 11 is 12.3. The molecule has 7 nitrogen and oxygen atoms in total. The molecule has 0 saturated carbocycles. The summed E-state index contributed by atoms with van der Waals surface area (Å²) in [5.41, 5.74) is 4.19. The molecule has 0 aliphatic carbocycles. The third-order valence-corrected chi connectivity index (χ3v) is 4.27. The van der Waals surface area contributed by atoms with Crippen LogP contribution in [-0.2, 0) is 6.61 Å². The van der Waals surface area contributed by atoms with E-state index >= 15 is 0 Å². The lowest BCUT2D eigenvalue weighted by Gasteiger charge is -2.09. The van der Waals surface area contributed by atoms with Gasteiger partial charge in [-0.1, -0.05) is 41.4 Å². The minimum absolute atomic E-state index is 0.249. The van der Waals surface area contributed by atoms with Gasteiger partial charge in [-0.05, 0) is 36.8 Å². The molecule has 0 saturated heterocycles. The van der Waals surface area contributed by atoms with Crippen molar-refractivity contribution in [2.75, 3.05) is 5.43 Å². The molecule has 0 aliphatic rings. The highest BCUT2D eigenvalue weighted by atomic mass is 35.5. The van der Waals surface area contributed by atoms with E-state index in [0.717, 1.165) is 11.1 Å². The highest BCUT2D eigenvalue weighted by molar-refractivity contribution is 6.35. The quantitative estimate of drug-likeness (QED) is 0.482. The van der Waals surface area contributed by atoms with Gasteiger partial charge in [0.1, 0.15) is 18.1 Å². The number of aromatic amines is 1. The molecule has 1 heterocycles. The summed E-state index contributed by atoms with van der Waals surface area (Å²) in [5, 5.41) is 11.2. The van der Waals surface area contributed by atoms with E-state index in [1.165, 1.54) is 0 Å². The molecule has 0 fully saturated rings. The Labute approximate surface area is 165 Å². The first kappa shape index (κ1) is 18.9. The predicted octanol–water partition coefficient (Wildman–Crippen LogP) is 3.81. The topological polar surface area (TPSA) is 92.3 Å². The molecule has 9 heteroatoms. The Kier molecular flexibility index (Phi) is 6.05. The van der Waals surface area contributed by atoms with Crippen LogP contribution in [0, 0.1) is 6.92 Å². The minimum Gasteiger partial charge on any atom is -0.489 e. The maximum atomic E-state index is 11.2. The predicted molar refractivity (Wildman–Crippen MR) is 106 cm³/mol. The molecule has 3 aromatic rings. The standard InChI is InChI=1S/C18H15Cl2N5O2/c1-11-17(22-18(26)25-23-11)24-21-9-12-4-2-5-13(8-12)27-10-14-15(19)6-3-7-16(14)20/h2-9H,10H2,1H3,(H2,22,24,25,26). The highest BCUT2D eigenvalue weighted by Crippen LogP contribution is 2.26. The van der Waals surface area contributed by atoms with Gasteiger partial charge in [0.05, 0.1) is 6.21 Å². The number of hydrogen-bond acceptors (Lipinski definition) is 6. The molecular weight excluding hydrogens is 389 g/mol. The number of rotatable bonds is 6. The zero-order valence-electron chi connectivity index (χ0n) is 14.2. The second kappa shape index (κ2) is 8.66. The van der Waals surface area contributed by atoms with E-state index < -0.39 is 5.69 Å². The second-order valence-electron chi connectivity index (χ2n) is 5.51. The molecule has 2 N–H and O–H groups in total. The Morgan fingerprint density at radius 2 is 1.96 bits per heavy atom. The molecule has 2 aromatic carbocycles. The highest BCUT2D eigenvalue weighted by Gasteiger charge is 2.06. The van der Waals surface area contributed by atoms with Crippen LogP contribution in [0.4, 0.5) is 5.82 Å². The number of aromatic nitrogens is 3. The van der Waals surface area contributed by atoms with Gasteiger partial charge in [0.25, 0.3) is 0 Å². The molecule has 0 unspecified atom stereocenters. The largest absolute Gasteiger partial charge is 0.489 e. The fourth-order valence-electron chi connectivity index (χ4n) is 2.18. The Bertz CT molecular complexity index is 1020. The van der Waals surface area contributed by atoms with Crippen LogP contribution >= 0.6 is 23.2 Å². The third-order valence-electron chi connectivity index (χ3n) is 3.56. The van der Waals surface area contributed by atoms with Gasteiger partial charge in [-0.3, -0.25) is 5.43 Å². The van der Waals surface area contributed by atoms with Crippen molar-refractivity contribution in [1.29, 1.82) is 0 Å². The van der Waals surface area contributed by atoms with Crippen LogP contribution in [-0.4, -0.2) is 21.4 Å². The first-order valence-electron chi connectivity index (χ1n) is 7.91. The number of aryl methyl sites for hydroxylation is 1. The molecule has 0 amide bonds. The molecule has 1 aromatic heterocycles. The van der Waals surface area contributed by atoms with Crippen LogP contribution in [0.15, 0.2) is 52.4 Å². The van der Waals surface area contributed by atoms with Crippen molar-refractivity contribution in [3.63, 3.8) is 0 Å². The van der Waals surface area contributed by atoms with E-state index in [4.69, 9.17) is 27.9 Å². The normalized spacial score (nSPS) is 10.9. The van der Waals surface area contributed by atoms with Crippen molar-refractivity contribution in [3.8, 4) is 5.75 Å². The van der Waals surface area contributed by atoms with Crippen molar-refractivity contribution in [3.05, 3.63) is 79.8 Å². The van der Waals surface area contributed by atoms with Gasteiger partial charge in [-0.2, -0.15) is 15.2 Å². The lowest BCUT2D eigenvalue weighted by molar-refractivity contribution is 0.306. The van der Waals surface area contributed by atoms with Crippen molar-refractivity contribution >= 4 is 35.2 Å². The van der Waals surface area contributed by atoms with Gasteiger partial charge in [0, 0.05) is 15.6 Å². The summed E-state index contributed by atoms with van der Waals surface area (Å²) in [4.78, 5) is 15.0. The van der Waals surface area contributed by atoms with E-state index in [0.29, 0.717) is 21.5 Å². The van der Waals surface area contributed by atoms with Crippen LogP contribution < -0.4 is 15.9 Å². The molecule has 0 bridgehead atoms. The summed E-state index contributed by atoms with van der Waals surface area (Å²) in [5.74, 6) is 0.929. The van der Waals surface area contributed by atoms with Crippen molar-refractivity contribution in [2.45, 2.75) is 13.5 Å². The number of nitrogens with one attached hydrogen (secondary N) is 2. The van der Waals surface area contributed by atoms with Crippen LogP contribution in [0.5, 0.6) is 5.75 Å². The van der Waals surface area contributed by atoms with Crippen LogP contribution in [0.25, 0.3) is 0 Å². The number of hydrogen-bond donors (Lipinski definition) is 2. The van der Waals surface area contributed by atoms with Gasteiger partial charge in [-0.15, -0.1) is 0 Å². The van der Waals surface area contributed by atoms with Gasteiger partial charge >= 0.3 is 5.69 Å². The van der Waals surface area contributed by atoms with Gasteiger partial charge in [0.2, 0.25) is 0 Å². The molecular formula is C18H15Cl2N5O2. The number of benzene rings is 2. The molecule has 0 atom stereocenters. The monoisotopic (exact) mass is 403 g/mol. The van der Waals surface area contributed by atoms with Crippen LogP contribution in [0.2, 0.25) is 10.0 Å². The zero-order valence-corrected chi connectivity index (χ0v) is 15.8. The molecule has 0 spiro atoms. The Balaban J connectivity index is 1.66. The third kappa shape index (κ3) is 5.06. The fourth-order valence-corrected chi connectivity index (χ4v) is 2.68. The van der Waals surface area contributed by atoms with Crippen molar-refractivity contribution in [2.24, 2.45) is 5.10 Å². The number of anilines is 1. The first-order chi connectivity index (χ1) is 13.0. The molecule has 0 aliphatic heterocycles. The minimum atomic E-state index is -0.549. The number of ether oxygens (including phenoxy) is 1. The average molecular weight is 404 g/mol. The summed E-state index contributed by atoms with van der Waals surface area (Å²) in [6.07, 6.45) is 1.58. The zero-order chi connectivity index (χ0) is 19.2. The number of H-pyrrole nitrogens is 1. The Morgan fingerprint density at radius 1 is 1.22 bits per heavy atom. The van der Waals surface area contributed by atoms with Crippen LogP contribution in [0.1, 0.15) is 16.8 Å². The summed E-state index contributed by atoms with van der Waals surface area (Å²) in [6, 6.07) is 12.6. The van der Waals surface area contributed by atoms with E-state index in [1.807, 2.05) is 24.3 Å². The molecule has 27 heavy (non-hydrogen) atoms. The number of nitrogens with zero attached hydrogens (tertiary/aromatic N) is 3. The first-order valence-corrected chi connectivity index (χ1v) is 8.66. The summed E-state index contributed by atoms with van der Waals surface area (Å²) in [6.45, 7) is 1.95. The molecule has 138 valence electrons. The lowest BCUT2D eigenvalue weighted by Crippen LogP contribution is -2.15. The van der Waals surface area contributed by atoms with E-state index in [1.54, 1.807) is 31.3 Å². The van der Waals surface area contributed by atoms with E-state index in [-0.39, 0.29) is 12.4 Å². The van der Waals surface area contributed by atoms with Gasteiger partial charge in [-0.25, -0.2) is 9.89 Å². The summed E-state index contributed by atoms with van der Waals surface area (Å²) < 4.78 is 5.78. The average Bonchev–Trinajstić information content (AvgIpc) is 2.64. The summed E-state index contributed by atoms with van der Waals surface area (Å²) in [7, 11) is 0. The van der Waals surface area contributed by atoms with Gasteiger partial charge in [0.15, 0.2) is 5.82 Å². The van der Waals surface area contributed by atoms with Crippen LogP contribution in [0.3, 0.4) is 0 Å². The molecule has 0 radical (unpaired) electrons. The SMILES string of the molecule is Cc1n[nH]c(=O)nc1NN=Cc1cccc(OCc2c(Cl)cccc2Cl)c1. The maximum Gasteiger partial charge on any atom is 0.363 e. The fraction of sp³-hybridized carbons (Fsp3) is 0.111. The Morgan fingerprint density at radius 3 is 2.74 bits per heavy atom. The van der Waals surface area contributed by atoms with Gasteiger partial charge < -0.3 is 4.74 Å². The van der Waals surface area contributed by atoms with Crippen molar-refractivity contribution in [1.82, 2.24) is 15.2 Å². The smallest absolute Gasteiger partial charge is 0.363 e. The maximum absolute atomic E-state index is 11.2. The van der Waals surface area contributed by atoms with E-state index in [9.17, 15) is 4.79 Å². The second-order valence-corrected chi connectivity index (χ2v) is 6.32. The number of halogens is 2. The van der Waals surface area contributed by atoms with Crippen molar-refractivity contribution < 1.29 is 4.74 Å². The lowest BCUT2D eigenvalue weighted by atomic mass is 10.2. The number of hydrazone groups is 1. The van der Waals surface area contributed by atoms with E-state index in [2.05, 4.69) is 25.7 Å². The molecule has 3 rings (SSSR count).